The van der Waals surface area contributed by atoms with Crippen LogP contribution < -0.4 is 10.5 Å². The summed E-state index contributed by atoms with van der Waals surface area (Å²) < 4.78 is 19.2. The van der Waals surface area contributed by atoms with Crippen LogP contribution in [-0.2, 0) is 4.79 Å². The molecule has 0 aromatic heterocycles. The summed E-state index contributed by atoms with van der Waals surface area (Å²) >= 11 is 0. The lowest BCUT2D eigenvalue weighted by Gasteiger charge is -2.21. The van der Waals surface area contributed by atoms with Gasteiger partial charge in [-0.2, -0.15) is 0 Å². The van der Waals surface area contributed by atoms with Crippen LogP contribution in [0.15, 0.2) is 54.6 Å². The summed E-state index contributed by atoms with van der Waals surface area (Å²) in [7, 11) is 0. The van der Waals surface area contributed by atoms with Crippen molar-refractivity contribution in [3.8, 4) is 11.5 Å². The third-order valence-corrected chi connectivity index (χ3v) is 3.92. The quantitative estimate of drug-likeness (QED) is 0.937. The molecule has 24 heavy (non-hydrogen) atoms. The van der Waals surface area contributed by atoms with Gasteiger partial charge in [0.1, 0.15) is 23.7 Å². The zero-order valence-corrected chi connectivity index (χ0v) is 12.9. The Bertz CT molecular complexity index is 734. The summed E-state index contributed by atoms with van der Waals surface area (Å²) in [6.45, 7) is -0.116. The number of amides is 2. The van der Waals surface area contributed by atoms with Crippen LogP contribution in [0.5, 0.6) is 11.5 Å². The van der Waals surface area contributed by atoms with Crippen molar-refractivity contribution in [3.63, 3.8) is 0 Å². The van der Waals surface area contributed by atoms with Gasteiger partial charge in [-0.25, -0.2) is 4.39 Å². The van der Waals surface area contributed by atoms with Gasteiger partial charge in [-0.3, -0.25) is 9.59 Å². The van der Waals surface area contributed by atoms with Crippen molar-refractivity contribution in [2.45, 2.75) is 18.6 Å². The number of hydrogen-bond acceptors (Lipinski definition) is 3. The van der Waals surface area contributed by atoms with E-state index >= 15 is 0 Å². The minimum absolute atomic E-state index is 0.0454. The molecular weight excluding hydrogens is 311 g/mol. The molecule has 1 aliphatic rings. The fourth-order valence-electron chi connectivity index (χ4n) is 2.73. The smallest absolute Gasteiger partial charge is 0.254 e. The number of benzene rings is 2. The van der Waals surface area contributed by atoms with E-state index in [0.717, 1.165) is 0 Å². The number of nitrogens with two attached hydrogens (primary N) is 1. The lowest BCUT2D eigenvalue weighted by Crippen LogP contribution is -2.43. The number of ether oxygens (including phenoxy) is 1. The molecule has 124 valence electrons. The highest BCUT2D eigenvalue weighted by molar-refractivity contribution is 5.97. The van der Waals surface area contributed by atoms with Crippen molar-refractivity contribution in [1.82, 2.24) is 4.90 Å². The van der Waals surface area contributed by atoms with Crippen molar-refractivity contribution in [2.24, 2.45) is 5.73 Å². The number of alkyl halides is 1. The van der Waals surface area contributed by atoms with Gasteiger partial charge >= 0.3 is 0 Å². The molecule has 1 aliphatic heterocycles. The van der Waals surface area contributed by atoms with Crippen LogP contribution in [0.3, 0.4) is 0 Å². The lowest BCUT2D eigenvalue weighted by atomic mass is 10.1. The summed E-state index contributed by atoms with van der Waals surface area (Å²) in [6.07, 6.45) is -1.27. The Kier molecular flexibility index (Phi) is 4.46. The number of primary amides is 1. The second kappa shape index (κ2) is 6.70. The highest BCUT2D eigenvalue weighted by Crippen LogP contribution is 2.25. The molecule has 0 aliphatic carbocycles. The Hall–Kier alpha value is -2.89. The van der Waals surface area contributed by atoms with Crippen LogP contribution >= 0.6 is 0 Å². The SMILES string of the molecule is NC(=O)[C@@H]1C[C@@H](F)CN1C(=O)c1ccc(Oc2ccccc2)cc1. The van der Waals surface area contributed by atoms with Crippen molar-refractivity contribution in [3.05, 3.63) is 60.2 Å². The lowest BCUT2D eigenvalue weighted by molar-refractivity contribution is -0.121. The van der Waals surface area contributed by atoms with Gasteiger partial charge in [-0.05, 0) is 36.4 Å². The van der Waals surface area contributed by atoms with Crippen LogP contribution in [0.25, 0.3) is 0 Å². The van der Waals surface area contributed by atoms with Crippen molar-refractivity contribution < 1.29 is 18.7 Å². The van der Waals surface area contributed by atoms with Crippen molar-refractivity contribution in [2.75, 3.05) is 6.54 Å². The molecule has 2 amide bonds. The number of hydrogen-bond donors (Lipinski definition) is 1. The van der Waals surface area contributed by atoms with Gasteiger partial charge in [-0.1, -0.05) is 18.2 Å². The van der Waals surface area contributed by atoms with E-state index in [4.69, 9.17) is 10.5 Å². The van der Waals surface area contributed by atoms with Crippen LogP contribution in [0, 0.1) is 0 Å². The summed E-state index contributed by atoms with van der Waals surface area (Å²) in [5.74, 6) is 0.164. The molecule has 0 spiro atoms. The first-order chi connectivity index (χ1) is 11.5. The maximum Gasteiger partial charge on any atom is 0.254 e. The first-order valence-corrected chi connectivity index (χ1v) is 7.62. The van der Waals surface area contributed by atoms with Crippen LogP contribution in [0.4, 0.5) is 4.39 Å². The second-order valence-corrected chi connectivity index (χ2v) is 5.65. The van der Waals surface area contributed by atoms with Gasteiger partial charge in [0.15, 0.2) is 0 Å². The average molecular weight is 328 g/mol. The van der Waals surface area contributed by atoms with Crippen LogP contribution in [-0.4, -0.2) is 35.5 Å². The first-order valence-electron chi connectivity index (χ1n) is 7.62. The molecule has 6 heteroatoms. The average Bonchev–Trinajstić information content (AvgIpc) is 2.98. The third kappa shape index (κ3) is 3.37. The molecule has 1 fully saturated rings. The standard InChI is InChI=1S/C18H17FN2O3/c19-13-10-16(17(20)22)21(11-13)18(23)12-6-8-15(9-7-12)24-14-4-2-1-3-5-14/h1-9,13,16H,10-11H2,(H2,20,22)/t13-,16+/m1/s1. The molecule has 0 radical (unpaired) electrons. The number of rotatable bonds is 4. The molecule has 2 N–H and O–H groups in total. The monoisotopic (exact) mass is 328 g/mol. The molecule has 5 nitrogen and oxygen atoms in total. The van der Waals surface area contributed by atoms with Gasteiger partial charge < -0.3 is 15.4 Å². The van der Waals surface area contributed by atoms with Gasteiger partial charge in [0, 0.05) is 12.0 Å². The highest BCUT2D eigenvalue weighted by Gasteiger charge is 2.38. The molecule has 2 aromatic carbocycles. The van der Waals surface area contributed by atoms with Crippen LogP contribution in [0.1, 0.15) is 16.8 Å². The van der Waals surface area contributed by atoms with E-state index in [1.165, 1.54) is 4.90 Å². The fourth-order valence-corrected chi connectivity index (χ4v) is 2.73. The summed E-state index contributed by atoms with van der Waals surface area (Å²) in [6, 6.07) is 14.8. The van der Waals surface area contributed by atoms with Crippen LogP contribution in [0.2, 0.25) is 0 Å². The number of nitrogens with zero attached hydrogens (tertiary/aromatic N) is 1. The predicted octanol–water partition coefficient (Wildman–Crippen LogP) is 2.52. The van der Waals surface area contributed by atoms with Gasteiger partial charge in [0.05, 0.1) is 6.54 Å². The molecule has 0 saturated carbocycles. The van der Waals surface area contributed by atoms with Gasteiger partial charge in [0.25, 0.3) is 5.91 Å². The minimum atomic E-state index is -1.23. The number of likely N-dealkylation sites (tertiary alicyclic amines) is 1. The third-order valence-electron chi connectivity index (χ3n) is 3.92. The van der Waals surface area contributed by atoms with Crippen molar-refractivity contribution >= 4 is 11.8 Å². The zero-order valence-electron chi connectivity index (χ0n) is 12.9. The normalized spacial score (nSPS) is 20.0. The summed E-state index contributed by atoms with van der Waals surface area (Å²) in [4.78, 5) is 25.1. The van der Waals surface area contributed by atoms with Gasteiger partial charge in [0.2, 0.25) is 5.91 Å². The number of carbonyl (C=O) groups is 2. The Morgan fingerprint density at radius 3 is 2.29 bits per heavy atom. The van der Waals surface area contributed by atoms with E-state index in [-0.39, 0.29) is 13.0 Å². The topological polar surface area (TPSA) is 72.6 Å². The number of para-hydroxylation sites is 1. The maximum absolute atomic E-state index is 13.5. The molecule has 2 aromatic rings. The molecular formula is C18H17FN2O3. The largest absolute Gasteiger partial charge is 0.457 e. The molecule has 0 bridgehead atoms. The van der Waals surface area contributed by atoms with E-state index in [2.05, 4.69) is 0 Å². The molecule has 0 unspecified atom stereocenters. The van der Waals surface area contributed by atoms with E-state index in [1.54, 1.807) is 24.3 Å². The summed E-state index contributed by atoms with van der Waals surface area (Å²) in [5.41, 5.74) is 5.61. The van der Waals surface area contributed by atoms with E-state index in [9.17, 15) is 14.0 Å². The number of carbonyl (C=O) groups excluding carboxylic acids is 2. The number of halogens is 1. The van der Waals surface area contributed by atoms with E-state index in [0.29, 0.717) is 17.1 Å². The Labute approximate surface area is 138 Å². The van der Waals surface area contributed by atoms with E-state index < -0.39 is 24.0 Å². The van der Waals surface area contributed by atoms with Gasteiger partial charge in [-0.15, -0.1) is 0 Å². The highest BCUT2D eigenvalue weighted by atomic mass is 19.1. The zero-order chi connectivity index (χ0) is 17.1. The minimum Gasteiger partial charge on any atom is -0.457 e. The predicted molar refractivity (Wildman–Crippen MR) is 86.5 cm³/mol. The first kappa shape index (κ1) is 16.0. The Balaban J connectivity index is 1.73. The molecule has 3 rings (SSSR count). The summed E-state index contributed by atoms with van der Waals surface area (Å²) in [5, 5.41) is 0. The molecule has 1 saturated heterocycles. The molecule has 1 heterocycles. The fraction of sp³-hybridized carbons (Fsp3) is 0.222. The van der Waals surface area contributed by atoms with Crippen molar-refractivity contribution in [1.29, 1.82) is 0 Å². The maximum atomic E-state index is 13.5. The second-order valence-electron chi connectivity index (χ2n) is 5.65. The Morgan fingerprint density at radius 2 is 1.67 bits per heavy atom. The molecule has 2 atom stereocenters. The Morgan fingerprint density at radius 1 is 1.04 bits per heavy atom. The van der Waals surface area contributed by atoms with E-state index in [1.807, 2.05) is 30.3 Å².